The van der Waals surface area contributed by atoms with Crippen molar-refractivity contribution in [2.45, 2.75) is 13.6 Å². The summed E-state index contributed by atoms with van der Waals surface area (Å²) in [6.07, 6.45) is 0. The molecule has 1 fully saturated rings. The lowest BCUT2D eigenvalue weighted by Crippen LogP contribution is -2.47. The minimum Gasteiger partial charge on any atom is -0.492 e. The fourth-order valence-electron chi connectivity index (χ4n) is 3.89. The van der Waals surface area contributed by atoms with Crippen molar-refractivity contribution in [3.05, 3.63) is 53.3 Å². The van der Waals surface area contributed by atoms with Crippen LogP contribution in [0.25, 0.3) is 15.2 Å². The van der Waals surface area contributed by atoms with Gasteiger partial charge in [0.15, 0.2) is 0 Å². The van der Waals surface area contributed by atoms with E-state index in [0.29, 0.717) is 6.61 Å². The van der Waals surface area contributed by atoms with Gasteiger partial charge in [0.25, 0.3) is 0 Å². The molecule has 6 nitrogen and oxygen atoms in total. The number of anilines is 1. The van der Waals surface area contributed by atoms with Crippen molar-refractivity contribution in [3.63, 3.8) is 0 Å². The Morgan fingerprint density at radius 2 is 1.79 bits per heavy atom. The molecule has 0 unspecified atom stereocenters. The van der Waals surface area contributed by atoms with Gasteiger partial charge in [0.1, 0.15) is 5.75 Å². The highest BCUT2D eigenvalue weighted by molar-refractivity contribution is 7.71. The molecule has 1 aliphatic rings. The van der Waals surface area contributed by atoms with Gasteiger partial charge in [-0.25, -0.2) is 4.68 Å². The van der Waals surface area contributed by atoms with Gasteiger partial charge >= 0.3 is 0 Å². The number of nitrogens with zero attached hydrogens (tertiary/aromatic N) is 5. The zero-order chi connectivity index (χ0) is 19.8. The van der Waals surface area contributed by atoms with Gasteiger partial charge in [-0.2, -0.15) is 0 Å². The topological polar surface area (TPSA) is 37.9 Å². The highest BCUT2D eigenvalue weighted by Gasteiger charge is 2.21. The van der Waals surface area contributed by atoms with Crippen LogP contribution >= 0.6 is 23.6 Å². The quantitative estimate of drug-likeness (QED) is 0.447. The number of thiazole rings is 1. The van der Waals surface area contributed by atoms with Gasteiger partial charge in [0, 0.05) is 26.2 Å². The number of hydrogen-bond acceptors (Lipinski definition) is 6. The molecule has 0 bridgehead atoms. The summed E-state index contributed by atoms with van der Waals surface area (Å²) in [5.41, 5.74) is 2.32. The maximum atomic E-state index is 5.80. The number of para-hydroxylation sites is 3. The first-order valence-corrected chi connectivity index (χ1v) is 11.1. The molecule has 150 valence electrons. The number of piperazine rings is 1. The summed E-state index contributed by atoms with van der Waals surface area (Å²) in [5.74, 6) is 0.965. The maximum Gasteiger partial charge on any atom is 0.216 e. The molecule has 2 aromatic heterocycles. The first-order chi connectivity index (χ1) is 14.2. The molecule has 0 saturated carbocycles. The van der Waals surface area contributed by atoms with Gasteiger partial charge in [-0.05, 0) is 43.4 Å². The zero-order valence-corrected chi connectivity index (χ0v) is 18.0. The van der Waals surface area contributed by atoms with Crippen molar-refractivity contribution < 1.29 is 4.74 Å². The molecule has 0 spiro atoms. The predicted octanol–water partition coefficient (Wildman–Crippen LogP) is 4.26. The maximum absolute atomic E-state index is 5.80. The number of aromatic nitrogens is 3. The van der Waals surface area contributed by atoms with E-state index in [1.807, 2.05) is 29.8 Å². The minimum absolute atomic E-state index is 0.682. The Bertz CT molecular complexity index is 1200. The second-order valence-corrected chi connectivity index (χ2v) is 8.49. The highest BCUT2D eigenvalue weighted by atomic mass is 32.1. The standard InChI is InChI=1S/C21H23N5OS2/c1-2-27-18-9-5-3-7-16(18)24-13-11-23(12-14-24)15-25-21(28)26-17-8-4-6-10-19(17)29-20(26)22-25/h3-10H,2,11-15H2,1H3. The number of rotatable bonds is 5. The Morgan fingerprint density at radius 3 is 2.62 bits per heavy atom. The summed E-state index contributed by atoms with van der Waals surface area (Å²) in [5, 5.41) is 4.78. The van der Waals surface area contributed by atoms with E-state index in [-0.39, 0.29) is 0 Å². The highest BCUT2D eigenvalue weighted by Crippen LogP contribution is 2.29. The Morgan fingerprint density at radius 1 is 1.03 bits per heavy atom. The zero-order valence-electron chi connectivity index (χ0n) is 16.3. The van der Waals surface area contributed by atoms with Crippen molar-refractivity contribution in [1.29, 1.82) is 0 Å². The van der Waals surface area contributed by atoms with Gasteiger partial charge in [-0.1, -0.05) is 35.6 Å². The van der Waals surface area contributed by atoms with Gasteiger partial charge < -0.3 is 9.64 Å². The van der Waals surface area contributed by atoms with Gasteiger partial charge in [0.05, 0.1) is 29.2 Å². The molecule has 4 aromatic rings. The first kappa shape index (κ1) is 18.6. The van der Waals surface area contributed by atoms with E-state index >= 15 is 0 Å². The van der Waals surface area contributed by atoms with Crippen LogP contribution in [0.3, 0.4) is 0 Å². The summed E-state index contributed by atoms with van der Waals surface area (Å²) < 4.78 is 11.8. The third-order valence-electron chi connectivity index (χ3n) is 5.33. The summed E-state index contributed by atoms with van der Waals surface area (Å²) in [4.78, 5) is 5.77. The molecule has 8 heteroatoms. The minimum atomic E-state index is 0.682. The Kier molecular flexibility index (Phi) is 4.99. The Hall–Kier alpha value is -2.42. The molecule has 2 aromatic carbocycles. The molecule has 0 atom stereocenters. The number of fused-ring (bicyclic) bond motifs is 3. The van der Waals surface area contributed by atoms with E-state index in [0.717, 1.165) is 53.8 Å². The lowest BCUT2D eigenvalue weighted by molar-refractivity contribution is 0.194. The molecule has 3 heterocycles. The summed E-state index contributed by atoms with van der Waals surface area (Å²) >= 11 is 7.43. The monoisotopic (exact) mass is 425 g/mol. The van der Waals surface area contributed by atoms with Crippen molar-refractivity contribution in [2.75, 3.05) is 37.7 Å². The van der Waals surface area contributed by atoms with Crippen LogP contribution in [0.5, 0.6) is 5.75 Å². The third kappa shape index (κ3) is 3.41. The van der Waals surface area contributed by atoms with E-state index in [1.54, 1.807) is 11.3 Å². The molecular weight excluding hydrogens is 402 g/mol. The predicted molar refractivity (Wildman–Crippen MR) is 121 cm³/mol. The fourth-order valence-corrected chi connectivity index (χ4v) is 5.26. The molecule has 0 radical (unpaired) electrons. The second kappa shape index (κ2) is 7.78. The third-order valence-corrected chi connectivity index (χ3v) is 6.73. The van der Waals surface area contributed by atoms with Crippen molar-refractivity contribution >= 4 is 44.4 Å². The largest absolute Gasteiger partial charge is 0.492 e. The SMILES string of the molecule is CCOc1ccccc1N1CCN(Cn2nc3sc4ccccc4n3c2=S)CC1. The average Bonchev–Trinajstić information content (AvgIpc) is 3.26. The molecule has 0 amide bonds. The molecule has 1 aliphatic heterocycles. The van der Waals surface area contributed by atoms with Crippen molar-refractivity contribution in [1.82, 2.24) is 19.1 Å². The number of benzene rings is 2. The summed E-state index contributed by atoms with van der Waals surface area (Å²) in [7, 11) is 0. The first-order valence-electron chi connectivity index (χ1n) is 9.91. The van der Waals surface area contributed by atoms with E-state index in [9.17, 15) is 0 Å². The second-order valence-electron chi connectivity index (χ2n) is 7.12. The van der Waals surface area contributed by atoms with Crippen LogP contribution in [0, 0.1) is 4.77 Å². The molecule has 5 rings (SSSR count). The van der Waals surface area contributed by atoms with E-state index in [2.05, 4.69) is 44.5 Å². The lowest BCUT2D eigenvalue weighted by Gasteiger charge is -2.36. The van der Waals surface area contributed by atoms with E-state index in [1.165, 1.54) is 10.4 Å². The number of ether oxygens (including phenoxy) is 1. The smallest absolute Gasteiger partial charge is 0.216 e. The van der Waals surface area contributed by atoms with Gasteiger partial charge in [-0.15, -0.1) is 5.10 Å². The molecule has 1 saturated heterocycles. The molecule has 0 N–H and O–H groups in total. The molecule has 29 heavy (non-hydrogen) atoms. The van der Waals surface area contributed by atoms with Crippen LogP contribution in [0.1, 0.15) is 6.92 Å². The normalized spacial score (nSPS) is 15.4. The van der Waals surface area contributed by atoms with Crippen molar-refractivity contribution in [2.24, 2.45) is 0 Å². The van der Waals surface area contributed by atoms with Gasteiger partial charge in [-0.3, -0.25) is 9.30 Å². The summed E-state index contributed by atoms with van der Waals surface area (Å²) in [6.45, 7) is 7.29. The average molecular weight is 426 g/mol. The van der Waals surface area contributed by atoms with Crippen LogP contribution in [-0.4, -0.2) is 51.9 Å². The summed E-state index contributed by atoms with van der Waals surface area (Å²) in [6, 6.07) is 16.6. The van der Waals surface area contributed by atoms with Gasteiger partial charge in [0.2, 0.25) is 9.73 Å². The molecular formula is C21H23N5OS2. The number of hydrogen-bond donors (Lipinski definition) is 0. The fraction of sp³-hybridized carbons (Fsp3) is 0.333. The van der Waals surface area contributed by atoms with Crippen LogP contribution in [-0.2, 0) is 6.67 Å². The van der Waals surface area contributed by atoms with Crippen LogP contribution < -0.4 is 9.64 Å². The van der Waals surface area contributed by atoms with Crippen LogP contribution in [0.4, 0.5) is 5.69 Å². The molecule has 0 aliphatic carbocycles. The van der Waals surface area contributed by atoms with Crippen LogP contribution in [0.15, 0.2) is 48.5 Å². The van der Waals surface area contributed by atoms with Crippen LogP contribution in [0.2, 0.25) is 0 Å². The van der Waals surface area contributed by atoms with E-state index in [4.69, 9.17) is 22.1 Å². The lowest BCUT2D eigenvalue weighted by atomic mass is 10.2. The van der Waals surface area contributed by atoms with E-state index < -0.39 is 0 Å². The van der Waals surface area contributed by atoms with Crippen molar-refractivity contribution in [3.8, 4) is 5.75 Å². The Labute approximate surface area is 178 Å². The Balaban J connectivity index is 1.31.